The zero-order chi connectivity index (χ0) is 11.7. The zero-order valence-corrected chi connectivity index (χ0v) is 9.96. The van der Waals surface area contributed by atoms with Gasteiger partial charge in [0.2, 0.25) is 0 Å². The van der Waals surface area contributed by atoms with Crippen molar-refractivity contribution in [2.75, 3.05) is 0 Å². The van der Waals surface area contributed by atoms with Crippen LogP contribution in [0.15, 0.2) is 22.7 Å². The SMILES string of the molecule is CC(N)c1noc(-c2ccc(Cl)cc2Cl)n1. The van der Waals surface area contributed by atoms with E-state index in [1.807, 2.05) is 0 Å². The molecule has 84 valence electrons. The van der Waals surface area contributed by atoms with Gasteiger partial charge < -0.3 is 10.3 Å². The molecule has 0 radical (unpaired) electrons. The second kappa shape index (κ2) is 4.41. The predicted molar refractivity (Wildman–Crippen MR) is 62.4 cm³/mol. The normalized spacial score (nSPS) is 12.8. The molecule has 16 heavy (non-hydrogen) atoms. The van der Waals surface area contributed by atoms with Crippen molar-refractivity contribution in [1.82, 2.24) is 10.1 Å². The molecule has 2 rings (SSSR count). The molecule has 0 aliphatic rings. The number of nitrogens with two attached hydrogens (primary N) is 1. The molecular formula is C10H9Cl2N3O. The van der Waals surface area contributed by atoms with Crippen LogP contribution in [0, 0.1) is 0 Å². The molecular weight excluding hydrogens is 249 g/mol. The monoisotopic (exact) mass is 257 g/mol. The maximum atomic E-state index is 6.01. The molecule has 1 aromatic carbocycles. The smallest absolute Gasteiger partial charge is 0.259 e. The van der Waals surface area contributed by atoms with E-state index in [4.69, 9.17) is 33.5 Å². The number of nitrogens with zero attached hydrogens (tertiary/aromatic N) is 2. The van der Waals surface area contributed by atoms with Crippen LogP contribution in [-0.2, 0) is 0 Å². The molecule has 0 saturated carbocycles. The van der Waals surface area contributed by atoms with Crippen LogP contribution in [0.3, 0.4) is 0 Å². The summed E-state index contributed by atoms with van der Waals surface area (Å²) in [5.41, 5.74) is 6.27. The Morgan fingerprint density at radius 3 is 2.69 bits per heavy atom. The summed E-state index contributed by atoms with van der Waals surface area (Å²) in [6, 6.07) is 4.78. The molecule has 0 saturated heterocycles. The molecule has 1 aromatic heterocycles. The summed E-state index contributed by atoms with van der Waals surface area (Å²) in [6.45, 7) is 1.78. The topological polar surface area (TPSA) is 64.9 Å². The summed E-state index contributed by atoms with van der Waals surface area (Å²) in [5, 5.41) is 4.77. The fourth-order valence-corrected chi connectivity index (χ4v) is 1.68. The summed E-state index contributed by atoms with van der Waals surface area (Å²) in [5.74, 6) is 0.787. The standard InChI is InChI=1S/C10H9Cl2N3O/c1-5(13)9-14-10(16-15-9)7-3-2-6(11)4-8(7)12/h2-5H,13H2,1H3. The van der Waals surface area contributed by atoms with Crippen LogP contribution in [-0.4, -0.2) is 10.1 Å². The minimum Gasteiger partial charge on any atom is -0.334 e. The van der Waals surface area contributed by atoms with Gasteiger partial charge in [-0.1, -0.05) is 28.4 Å². The number of hydrogen-bond donors (Lipinski definition) is 1. The van der Waals surface area contributed by atoms with Crippen LogP contribution in [0.25, 0.3) is 11.5 Å². The number of benzene rings is 1. The number of aromatic nitrogens is 2. The molecule has 1 atom stereocenters. The molecule has 0 spiro atoms. The average Bonchev–Trinajstić information content (AvgIpc) is 2.66. The lowest BCUT2D eigenvalue weighted by Crippen LogP contribution is -2.06. The van der Waals surface area contributed by atoms with Crippen LogP contribution < -0.4 is 5.73 Å². The molecule has 1 unspecified atom stereocenters. The van der Waals surface area contributed by atoms with E-state index in [2.05, 4.69) is 10.1 Å². The Morgan fingerprint density at radius 2 is 2.12 bits per heavy atom. The lowest BCUT2D eigenvalue weighted by atomic mass is 10.2. The Labute approximate surface area is 102 Å². The second-order valence-corrected chi connectivity index (χ2v) is 4.21. The Hall–Kier alpha value is -1.10. The fraction of sp³-hybridized carbons (Fsp3) is 0.200. The Kier molecular flexibility index (Phi) is 3.14. The summed E-state index contributed by atoms with van der Waals surface area (Å²) >= 11 is 11.8. The van der Waals surface area contributed by atoms with Crippen LogP contribution in [0.5, 0.6) is 0 Å². The molecule has 0 fully saturated rings. The number of hydrogen-bond acceptors (Lipinski definition) is 4. The maximum absolute atomic E-state index is 6.01. The molecule has 0 bridgehead atoms. The molecule has 1 heterocycles. The highest BCUT2D eigenvalue weighted by atomic mass is 35.5. The van der Waals surface area contributed by atoms with E-state index < -0.39 is 0 Å². The molecule has 0 aliphatic carbocycles. The number of rotatable bonds is 2. The lowest BCUT2D eigenvalue weighted by molar-refractivity contribution is 0.418. The summed E-state index contributed by atoms with van der Waals surface area (Å²) in [4.78, 5) is 4.14. The molecule has 2 N–H and O–H groups in total. The third kappa shape index (κ3) is 2.19. The predicted octanol–water partition coefficient (Wildman–Crippen LogP) is 3.06. The second-order valence-electron chi connectivity index (χ2n) is 3.37. The molecule has 0 amide bonds. The maximum Gasteiger partial charge on any atom is 0.259 e. The third-order valence-electron chi connectivity index (χ3n) is 2.01. The van der Waals surface area contributed by atoms with E-state index in [0.717, 1.165) is 0 Å². The number of halogens is 2. The van der Waals surface area contributed by atoms with Gasteiger partial charge in [-0.3, -0.25) is 0 Å². The van der Waals surface area contributed by atoms with Crippen molar-refractivity contribution in [2.45, 2.75) is 13.0 Å². The molecule has 0 aliphatic heterocycles. The van der Waals surface area contributed by atoms with Crippen LogP contribution >= 0.6 is 23.2 Å². The minimum atomic E-state index is -0.274. The van der Waals surface area contributed by atoms with Gasteiger partial charge in [0.1, 0.15) is 0 Å². The van der Waals surface area contributed by atoms with Gasteiger partial charge in [0.15, 0.2) is 5.82 Å². The van der Waals surface area contributed by atoms with E-state index >= 15 is 0 Å². The van der Waals surface area contributed by atoms with E-state index in [9.17, 15) is 0 Å². The van der Waals surface area contributed by atoms with Crippen molar-refractivity contribution in [2.24, 2.45) is 5.73 Å². The van der Waals surface area contributed by atoms with Gasteiger partial charge in [-0.25, -0.2) is 0 Å². The third-order valence-corrected chi connectivity index (χ3v) is 2.56. The van der Waals surface area contributed by atoms with Crippen molar-refractivity contribution in [3.8, 4) is 11.5 Å². The first-order valence-corrected chi connectivity index (χ1v) is 5.38. The van der Waals surface area contributed by atoms with E-state index in [1.165, 1.54) is 0 Å². The molecule has 4 nitrogen and oxygen atoms in total. The fourth-order valence-electron chi connectivity index (χ4n) is 1.19. The summed E-state index contributed by atoms with van der Waals surface area (Å²) < 4.78 is 5.06. The van der Waals surface area contributed by atoms with Crippen molar-refractivity contribution >= 4 is 23.2 Å². The zero-order valence-electron chi connectivity index (χ0n) is 8.45. The van der Waals surface area contributed by atoms with Crippen molar-refractivity contribution in [3.05, 3.63) is 34.1 Å². The van der Waals surface area contributed by atoms with Crippen LogP contribution in [0.4, 0.5) is 0 Å². The highest BCUT2D eigenvalue weighted by molar-refractivity contribution is 6.36. The lowest BCUT2D eigenvalue weighted by Gasteiger charge is -1.98. The largest absolute Gasteiger partial charge is 0.334 e. The van der Waals surface area contributed by atoms with E-state index in [0.29, 0.717) is 27.3 Å². The van der Waals surface area contributed by atoms with Gasteiger partial charge in [0.05, 0.1) is 16.6 Å². The Morgan fingerprint density at radius 1 is 1.38 bits per heavy atom. The van der Waals surface area contributed by atoms with Crippen molar-refractivity contribution in [3.63, 3.8) is 0 Å². The van der Waals surface area contributed by atoms with Gasteiger partial charge in [-0.05, 0) is 25.1 Å². The summed E-state index contributed by atoms with van der Waals surface area (Å²) in [7, 11) is 0. The van der Waals surface area contributed by atoms with Gasteiger partial charge in [0.25, 0.3) is 5.89 Å². The average molecular weight is 258 g/mol. The van der Waals surface area contributed by atoms with Gasteiger partial charge in [-0.15, -0.1) is 0 Å². The minimum absolute atomic E-state index is 0.274. The van der Waals surface area contributed by atoms with Gasteiger partial charge in [-0.2, -0.15) is 4.98 Å². The van der Waals surface area contributed by atoms with E-state index in [1.54, 1.807) is 25.1 Å². The first-order chi connectivity index (χ1) is 7.58. The molecule has 6 heteroatoms. The first-order valence-electron chi connectivity index (χ1n) is 4.62. The van der Waals surface area contributed by atoms with Crippen LogP contribution in [0.2, 0.25) is 10.0 Å². The van der Waals surface area contributed by atoms with Crippen molar-refractivity contribution < 1.29 is 4.52 Å². The Balaban J connectivity index is 2.42. The van der Waals surface area contributed by atoms with Crippen LogP contribution in [0.1, 0.15) is 18.8 Å². The highest BCUT2D eigenvalue weighted by Gasteiger charge is 2.14. The Bertz CT molecular complexity index is 511. The van der Waals surface area contributed by atoms with Gasteiger partial charge >= 0.3 is 0 Å². The summed E-state index contributed by atoms with van der Waals surface area (Å²) in [6.07, 6.45) is 0. The van der Waals surface area contributed by atoms with Crippen molar-refractivity contribution in [1.29, 1.82) is 0 Å². The highest BCUT2D eigenvalue weighted by Crippen LogP contribution is 2.29. The quantitative estimate of drug-likeness (QED) is 0.898. The molecule has 2 aromatic rings. The van der Waals surface area contributed by atoms with E-state index in [-0.39, 0.29) is 6.04 Å². The first kappa shape index (κ1) is 11.4. The van der Waals surface area contributed by atoms with Gasteiger partial charge in [0, 0.05) is 5.02 Å².